The minimum absolute atomic E-state index is 0.138. The van der Waals surface area contributed by atoms with Crippen LogP contribution in [0, 0.1) is 0 Å². The van der Waals surface area contributed by atoms with Crippen molar-refractivity contribution in [3.63, 3.8) is 0 Å². The van der Waals surface area contributed by atoms with Crippen LogP contribution >= 0.6 is 11.6 Å². The molecule has 3 rings (SSSR count). The lowest BCUT2D eigenvalue weighted by Gasteiger charge is -2.25. The second-order valence-electron chi connectivity index (χ2n) is 6.72. The summed E-state index contributed by atoms with van der Waals surface area (Å²) in [6.45, 7) is 4.15. The molecule has 1 N–H and O–H groups in total. The van der Waals surface area contributed by atoms with E-state index in [1.165, 1.54) is 0 Å². The first-order valence-corrected chi connectivity index (χ1v) is 8.89. The molecule has 26 heavy (non-hydrogen) atoms. The van der Waals surface area contributed by atoms with Crippen molar-refractivity contribution in [3.8, 4) is 5.75 Å². The van der Waals surface area contributed by atoms with Gasteiger partial charge >= 0.3 is 0 Å². The molecule has 1 aliphatic heterocycles. The molecular formula is C20H21ClN2O3. The molecule has 0 bridgehead atoms. The van der Waals surface area contributed by atoms with E-state index in [1.54, 1.807) is 55.1 Å². The number of ether oxygens (including phenoxy) is 1. The molecule has 0 saturated carbocycles. The standard InChI is InChI=1S/C20H21ClN2O3/c1-20(2,26-17-11-5-14(21)6-12-17)19(25)22-15-7-9-16(10-8-15)23-13-3-4-18(23)24/h5-12H,3-4,13H2,1-2H3,(H,22,25). The van der Waals surface area contributed by atoms with Crippen molar-refractivity contribution in [1.29, 1.82) is 0 Å². The van der Waals surface area contributed by atoms with E-state index < -0.39 is 5.60 Å². The first-order valence-electron chi connectivity index (χ1n) is 8.52. The number of benzene rings is 2. The average molecular weight is 373 g/mol. The Labute approximate surface area is 157 Å². The number of hydrogen-bond donors (Lipinski definition) is 1. The van der Waals surface area contributed by atoms with E-state index in [-0.39, 0.29) is 11.8 Å². The number of anilines is 2. The Balaban J connectivity index is 1.64. The van der Waals surface area contributed by atoms with Gasteiger partial charge in [-0.2, -0.15) is 0 Å². The summed E-state index contributed by atoms with van der Waals surface area (Å²) in [6.07, 6.45) is 1.47. The molecule has 5 nitrogen and oxygen atoms in total. The van der Waals surface area contributed by atoms with Crippen molar-refractivity contribution in [3.05, 3.63) is 53.6 Å². The average Bonchev–Trinajstić information content (AvgIpc) is 3.03. The predicted molar refractivity (Wildman–Crippen MR) is 103 cm³/mol. The van der Waals surface area contributed by atoms with E-state index in [4.69, 9.17) is 16.3 Å². The van der Waals surface area contributed by atoms with Crippen LogP contribution in [-0.4, -0.2) is 24.0 Å². The van der Waals surface area contributed by atoms with Gasteiger partial charge in [-0.15, -0.1) is 0 Å². The number of nitrogens with zero attached hydrogens (tertiary/aromatic N) is 1. The predicted octanol–water partition coefficient (Wildman–Crippen LogP) is 4.26. The van der Waals surface area contributed by atoms with Gasteiger partial charge in [0.25, 0.3) is 5.91 Å². The number of nitrogens with one attached hydrogen (secondary N) is 1. The summed E-state index contributed by atoms with van der Waals surface area (Å²) in [4.78, 5) is 26.1. The van der Waals surface area contributed by atoms with Crippen LogP contribution in [0.4, 0.5) is 11.4 Å². The topological polar surface area (TPSA) is 58.6 Å². The highest BCUT2D eigenvalue weighted by molar-refractivity contribution is 6.30. The maximum atomic E-state index is 12.6. The van der Waals surface area contributed by atoms with Crippen LogP contribution in [0.5, 0.6) is 5.75 Å². The lowest BCUT2D eigenvalue weighted by molar-refractivity contribution is -0.128. The van der Waals surface area contributed by atoms with Gasteiger partial charge in [0, 0.05) is 29.4 Å². The molecule has 1 aliphatic rings. The summed E-state index contributed by atoms with van der Waals surface area (Å²) in [7, 11) is 0. The minimum Gasteiger partial charge on any atom is -0.478 e. The van der Waals surface area contributed by atoms with Crippen LogP contribution in [0.15, 0.2) is 48.5 Å². The first-order chi connectivity index (χ1) is 12.3. The van der Waals surface area contributed by atoms with E-state index in [9.17, 15) is 9.59 Å². The van der Waals surface area contributed by atoms with E-state index in [0.29, 0.717) is 22.9 Å². The van der Waals surface area contributed by atoms with Gasteiger partial charge in [-0.3, -0.25) is 9.59 Å². The number of rotatable bonds is 5. The SMILES string of the molecule is CC(C)(Oc1ccc(Cl)cc1)C(=O)Nc1ccc(N2CCCC2=O)cc1. The zero-order valence-corrected chi connectivity index (χ0v) is 15.5. The molecule has 136 valence electrons. The van der Waals surface area contributed by atoms with Gasteiger partial charge in [0.1, 0.15) is 5.75 Å². The van der Waals surface area contributed by atoms with E-state index in [0.717, 1.165) is 18.7 Å². The lowest BCUT2D eigenvalue weighted by Crippen LogP contribution is -2.42. The van der Waals surface area contributed by atoms with Gasteiger partial charge in [-0.25, -0.2) is 0 Å². The van der Waals surface area contributed by atoms with Gasteiger partial charge in [0.15, 0.2) is 5.60 Å². The second kappa shape index (κ2) is 7.38. The fraction of sp³-hybridized carbons (Fsp3) is 0.300. The van der Waals surface area contributed by atoms with Crippen LogP contribution in [-0.2, 0) is 9.59 Å². The molecular weight excluding hydrogens is 352 g/mol. The number of amides is 2. The highest BCUT2D eigenvalue weighted by Crippen LogP contribution is 2.25. The van der Waals surface area contributed by atoms with Crippen molar-refractivity contribution in [2.75, 3.05) is 16.8 Å². The van der Waals surface area contributed by atoms with Crippen LogP contribution < -0.4 is 15.0 Å². The third kappa shape index (κ3) is 4.17. The molecule has 1 heterocycles. The number of carbonyl (C=O) groups is 2. The summed E-state index contributed by atoms with van der Waals surface area (Å²) in [6, 6.07) is 14.1. The highest BCUT2D eigenvalue weighted by Gasteiger charge is 2.30. The summed E-state index contributed by atoms with van der Waals surface area (Å²) in [5.74, 6) is 0.439. The molecule has 0 atom stereocenters. The first kappa shape index (κ1) is 18.3. The Kier molecular flexibility index (Phi) is 5.18. The number of hydrogen-bond acceptors (Lipinski definition) is 3. The van der Waals surface area contributed by atoms with E-state index >= 15 is 0 Å². The molecule has 0 aliphatic carbocycles. The third-order valence-corrected chi connectivity index (χ3v) is 4.50. The molecule has 0 radical (unpaired) electrons. The van der Waals surface area contributed by atoms with Gasteiger partial charge in [0.05, 0.1) is 0 Å². The van der Waals surface area contributed by atoms with Gasteiger partial charge < -0.3 is 15.0 Å². The summed E-state index contributed by atoms with van der Waals surface area (Å²) >= 11 is 5.86. The molecule has 2 aromatic rings. The summed E-state index contributed by atoms with van der Waals surface area (Å²) < 4.78 is 5.79. The normalized spacial score (nSPS) is 14.4. The number of halogens is 1. The Morgan fingerprint density at radius 2 is 1.77 bits per heavy atom. The molecule has 0 unspecified atom stereocenters. The highest BCUT2D eigenvalue weighted by atomic mass is 35.5. The van der Waals surface area contributed by atoms with Crippen molar-refractivity contribution >= 4 is 34.8 Å². The largest absolute Gasteiger partial charge is 0.478 e. The minimum atomic E-state index is -1.06. The Bertz CT molecular complexity index is 801. The van der Waals surface area contributed by atoms with Crippen molar-refractivity contribution in [2.24, 2.45) is 0 Å². The van der Waals surface area contributed by atoms with Crippen LogP contribution in [0.1, 0.15) is 26.7 Å². The monoisotopic (exact) mass is 372 g/mol. The maximum Gasteiger partial charge on any atom is 0.267 e. The fourth-order valence-electron chi connectivity index (χ4n) is 2.77. The Morgan fingerprint density at radius 3 is 2.35 bits per heavy atom. The van der Waals surface area contributed by atoms with Gasteiger partial charge in [-0.1, -0.05) is 11.6 Å². The van der Waals surface area contributed by atoms with Crippen LogP contribution in [0.2, 0.25) is 5.02 Å². The Morgan fingerprint density at radius 1 is 1.12 bits per heavy atom. The fourth-order valence-corrected chi connectivity index (χ4v) is 2.90. The zero-order chi connectivity index (χ0) is 18.7. The molecule has 6 heteroatoms. The van der Waals surface area contributed by atoms with E-state index in [1.807, 2.05) is 12.1 Å². The zero-order valence-electron chi connectivity index (χ0n) is 14.8. The summed E-state index contributed by atoms with van der Waals surface area (Å²) in [5, 5.41) is 3.46. The molecule has 0 aromatic heterocycles. The van der Waals surface area contributed by atoms with Crippen molar-refractivity contribution in [2.45, 2.75) is 32.3 Å². The van der Waals surface area contributed by atoms with Crippen LogP contribution in [0.3, 0.4) is 0 Å². The number of carbonyl (C=O) groups excluding carboxylic acids is 2. The molecule has 1 saturated heterocycles. The van der Waals surface area contributed by atoms with E-state index in [2.05, 4.69) is 5.32 Å². The van der Waals surface area contributed by atoms with Gasteiger partial charge in [-0.05, 0) is 68.8 Å². The molecule has 1 fully saturated rings. The maximum absolute atomic E-state index is 12.6. The van der Waals surface area contributed by atoms with Gasteiger partial charge in [0.2, 0.25) is 5.91 Å². The van der Waals surface area contributed by atoms with Crippen LogP contribution in [0.25, 0.3) is 0 Å². The Hall–Kier alpha value is -2.53. The molecule has 2 amide bonds. The molecule has 0 spiro atoms. The van der Waals surface area contributed by atoms with Crippen molar-refractivity contribution in [1.82, 2.24) is 0 Å². The molecule has 2 aromatic carbocycles. The second-order valence-corrected chi connectivity index (χ2v) is 7.15. The smallest absolute Gasteiger partial charge is 0.267 e. The summed E-state index contributed by atoms with van der Waals surface area (Å²) in [5.41, 5.74) is 0.442. The quantitative estimate of drug-likeness (QED) is 0.852. The van der Waals surface area contributed by atoms with Crippen molar-refractivity contribution < 1.29 is 14.3 Å². The lowest BCUT2D eigenvalue weighted by atomic mass is 10.1. The third-order valence-electron chi connectivity index (χ3n) is 4.24.